The number of carbonyl (C=O) groups excluding carboxylic acids is 1. The van der Waals surface area contributed by atoms with Crippen molar-refractivity contribution in [1.29, 1.82) is 0 Å². The summed E-state index contributed by atoms with van der Waals surface area (Å²) in [6, 6.07) is 8.38. The van der Waals surface area contributed by atoms with Crippen molar-refractivity contribution in [1.82, 2.24) is 24.7 Å². The normalized spacial score (nSPS) is 22.5. The molecule has 2 fully saturated rings. The fraction of sp³-hybridized carbons (Fsp3) is 0.542. The lowest BCUT2D eigenvalue weighted by Crippen LogP contribution is -2.48. The van der Waals surface area contributed by atoms with Gasteiger partial charge in [-0.25, -0.2) is 4.98 Å². The summed E-state index contributed by atoms with van der Waals surface area (Å²) in [5.41, 5.74) is 1.88. The maximum absolute atomic E-state index is 12.8. The Kier molecular flexibility index (Phi) is 6.89. The summed E-state index contributed by atoms with van der Waals surface area (Å²) in [6.07, 6.45) is 10.4. The molecule has 2 unspecified atom stereocenters. The third-order valence-corrected chi connectivity index (χ3v) is 6.61. The Bertz CT molecular complexity index is 887. The van der Waals surface area contributed by atoms with E-state index >= 15 is 0 Å². The number of hydrogen-bond donors (Lipinski definition) is 1. The van der Waals surface area contributed by atoms with Gasteiger partial charge in [-0.3, -0.25) is 9.79 Å². The number of nitrogens with zero attached hydrogens (tertiary/aromatic N) is 5. The Morgan fingerprint density at radius 3 is 2.77 bits per heavy atom. The number of hydrogen-bond acceptors (Lipinski definition) is 3. The number of nitrogens with one attached hydrogen (secondary N) is 1. The molecule has 2 atom stereocenters. The van der Waals surface area contributed by atoms with E-state index in [1.807, 2.05) is 48.9 Å². The monoisotopic (exact) mass is 422 g/mol. The molecule has 1 aromatic heterocycles. The molecule has 166 valence electrons. The molecule has 1 N–H and O–H groups in total. The maximum Gasteiger partial charge on any atom is 0.253 e. The number of rotatable bonds is 4. The van der Waals surface area contributed by atoms with Crippen LogP contribution in [-0.4, -0.2) is 64.4 Å². The Morgan fingerprint density at radius 1 is 1.19 bits per heavy atom. The van der Waals surface area contributed by atoms with Gasteiger partial charge in [0.15, 0.2) is 5.96 Å². The molecule has 31 heavy (non-hydrogen) atoms. The SMILES string of the molecule is CN=C(NCc1cccc(C(=O)N2CCCCC2)c1)N1CCC(C)C(n2ccnc2)C1. The first kappa shape index (κ1) is 21.4. The largest absolute Gasteiger partial charge is 0.352 e. The fourth-order valence-electron chi connectivity index (χ4n) is 4.70. The van der Waals surface area contributed by atoms with Crippen molar-refractivity contribution in [2.45, 2.75) is 45.2 Å². The number of piperidine rings is 2. The van der Waals surface area contributed by atoms with Gasteiger partial charge in [-0.15, -0.1) is 0 Å². The Morgan fingerprint density at radius 2 is 2.03 bits per heavy atom. The number of imidazole rings is 1. The first-order chi connectivity index (χ1) is 15.2. The maximum atomic E-state index is 12.8. The predicted octanol–water partition coefficient (Wildman–Crippen LogP) is 3.17. The highest BCUT2D eigenvalue weighted by molar-refractivity contribution is 5.94. The molecular formula is C24H34N6O. The number of aromatic nitrogens is 2. The summed E-state index contributed by atoms with van der Waals surface area (Å²) in [7, 11) is 1.84. The zero-order valence-electron chi connectivity index (χ0n) is 18.7. The molecule has 0 bridgehead atoms. The molecule has 7 heteroatoms. The first-order valence-electron chi connectivity index (χ1n) is 11.5. The quantitative estimate of drug-likeness (QED) is 0.607. The molecule has 0 aliphatic carbocycles. The van der Waals surface area contributed by atoms with E-state index in [4.69, 9.17) is 0 Å². The van der Waals surface area contributed by atoms with Crippen molar-refractivity contribution < 1.29 is 4.79 Å². The summed E-state index contributed by atoms with van der Waals surface area (Å²) in [5.74, 6) is 1.66. The Labute approximate surface area is 185 Å². The van der Waals surface area contributed by atoms with Crippen molar-refractivity contribution in [3.63, 3.8) is 0 Å². The van der Waals surface area contributed by atoms with Crippen LogP contribution in [0.1, 0.15) is 54.6 Å². The lowest BCUT2D eigenvalue weighted by molar-refractivity contribution is 0.0724. The van der Waals surface area contributed by atoms with Crippen LogP contribution in [0.3, 0.4) is 0 Å². The van der Waals surface area contributed by atoms with Crippen LogP contribution in [0.5, 0.6) is 0 Å². The smallest absolute Gasteiger partial charge is 0.253 e. The van der Waals surface area contributed by atoms with Crippen LogP contribution in [0.4, 0.5) is 0 Å². The molecule has 4 rings (SSSR count). The standard InChI is InChI=1S/C24H34N6O/c1-19-9-13-29(17-22(19)30-14-10-26-18-30)24(25-2)27-16-20-7-6-8-21(15-20)23(31)28-11-4-3-5-12-28/h6-8,10,14-15,18-19,22H,3-5,9,11-13,16-17H2,1-2H3,(H,25,27). The van der Waals surface area contributed by atoms with Gasteiger partial charge in [0.05, 0.1) is 12.4 Å². The molecule has 3 heterocycles. The van der Waals surface area contributed by atoms with Crippen LogP contribution in [0.2, 0.25) is 0 Å². The highest BCUT2D eigenvalue weighted by Gasteiger charge is 2.29. The fourth-order valence-corrected chi connectivity index (χ4v) is 4.70. The first-order valence-corrected chi connectivity index (χ1v) is 11.5. The van der Waals surface area contributed by atoms with Gasteiger partial charge in [0.25, 0.3) is 5.91 Å². The van der Waals surface area contributed by atoms with Crippen molar-refractivity contribution in [2.75, 3.05) is 33.2 Å². The predicted molar refractivity (Wildman–Crippen MR) is 123 cm³/mol. The van der Waals surface area contributed by atoms with Gasteiger partial charge >= 0.3 is 0 Å². The molecule has 2 saturated heterocycles. The molecule has 7 nitrogen and oxygen atoms in total. The second-order valence-electron chi connectivity index (χ2n) is 8.74. The van der Waals surface area contributed by atoms with Crippen LogP contribution in [0.15, 0.2) is 48.0 Å². The molecule has 0 spiro atoms. The second kappa shape index (κ2) is 9.98. The summed E-state index contributed by atoms with van der Waals surface area (Å²) in [6.45, 7) is 6.60. The third kappa shape index (κ3) is 5.09. The van der Waals surface area contributed by atoms with E-state index in [2.05, 4.69) is 37.8 Å². The summed E-state index contributed by atoms with van der Waals surface area (Å²) < 4.78 is 2.21. The number of guanidine groups is 1. The number of benzene rings is 1. The molecular weight excluding hydrogens is 388 g/mol. The topological polar surface area (TPSA) is 65.8 Å². The van der Waals surface area contributed by atoms with Gasteiger partial charge in [-0.1, -0.05) is 19.1 Å². The minimum atomic E-state index is 0.152. The van der Waals surface area contributed by atoms with Crippen molar-refractivity contribution >= 4 is 11.9 Å². The van der Waals surface area contributed by atoms with Crippen molar-refractivity contribution in [3.05, 3.63) is 54.1 Å². The Hall–Kier alpha value is -2.83. The van der Waals surface area contributed by atoms with E-state index < -0.39 is 0 Å². The van der Waals surface area contributed by atoms with Gasteiger partial charge in [0.1, 0.15) is 0 Å². The summed E-state index contributed by atoms with van der Waals surface area (Å²) in [4.78, 5) is 25.9. The lowest BCUT2D eigenvalue weighted by atomic mass is 9.93. The molecule has 0 radical (unpaired) electrons. The van der Waals surface area contributed by atoms with Gasteiger partial charge in [-0.05, 0) is 49.3 Å². The van der Waals surface area contributed by atoms with E-state index in [0.717, 1.165) is 62.5 Å². The van der Waals surface area contributed by atoms with Crippen molar-refractivity contribution in [3.8, 4) is 0 Å². The van der Waals surface area contributed by atoms with Crippen LogP contribution in [0.25, 0.3) is 0 Å². The minimum Gasteiger partial charge on any atom is -0.352 e. The van der Waals surface area contributed by atoms with E-state index in [1.54, 1.807) is 0 Å². The molecule has 2 aromatic rings. The zero-order valence-corrected chi connectivity index (χ0v) is 18.7. The summed E-state index contributed by atoms with van der Waals surface area (Å²) >= 11 is 0. The highest BCUT2D eigenvalue weighted by atomic mass is 16.2. The molecule has 1 amide bonds. The van der Waals surface area contributed by atoms with Crippen LogP contribution >= 0.6 is 0 Å². The van der Waals surface area contributed by atoms with Gasteiger partial charge in [-0.2, -0.15) is 0 Å². The van der Waals surface area contributed by atoms with Crippen LogP contribution in [0, 0.1) is 5.92 Å². The highest BCUT2D eigenvalue weighted by Crippen LogP contribution is 2.27. The number of aliphatic imine (C=N–C) groups is 1. The second-order valence-corrected chi connectivity index (χ2v) is 8.74. The minimum absolute atomic E-state index is 0.152. The summed E-state index contributed by atoms with van der Waals surface area (Å²) in [5, 5.41) is 3.51. The Balaban J connectivity index is 1.38. The van der Waals surface area contributed by atoms with Crippen LogP contribution < -0.4 is 5.32 Å². The molecule has 2 aliphatic heterocycles. The number of likely N-dealkylation sites (tertiary alicyclic amines) is 2. The molecule has 0 saturated carbocycles. The molecule has 1 aromatic carbocycles. The third-order valence-electron chi connectivity index (χ3n) is 6.61. The lowest BCUT2D eigenvalue weighted by Gasteiger charge is -2.39. The molecule has 2 aliphatic rings. The van der Waals surface area contributed by atoms with E-state index in [1.165, 1.54) is 6.42 Å². The van der Waals surface area contributed by atoms with Gasteiger partial charge in [0.2, 0.25) is 0 Å². The van der Waals surface area contributed by atoms with Crippen LogP contribution in [-0.2, 0) is 6.54 Å². The van der Waals surface area contributed by atoms with E-state index in [-0.39, 0.29) is 5.91 Å². The van der Waals surface area contributed by atoms with Gasteiger partial charge < -0.3 is 19.7 Å². The zero-order chi connectivity index (χ0) is 21.6. The number of carbonyl (C=O) groups is 1. The van der Waals surface area contributed by atoms with Crippen molar-refractivity contribution in [2.24, 2.45) is 10.9 Å². The number of amides is 1. The average molecular weight is 423 g/mol. The average Bonchev–Trinajstić information content (AvgIpc) is 3.35. The van der Waals surface area contributed by atoms with E-state index in [9.17, 15) is 4.79 Å². The van der Waals surface area contributed by atoms with E-state index in [0.29, 0.717) is 18.5 Å². The van der Waals surface area contributed by atoms with Gasteiger partial charge in [0, 0.05) is 57.7 Å².